The van der Waals surface area contributed by atoms with E-state index in [2.05, 4.69) is 24.5 Å². The predicted molar refractivity (Wildman–Crippen MR) is 105 cm³/mol. The van der Waals surface area contributed by atoms with E-state index >= 15 is 0 Å². The van der Waals surface area contributed by atoms with Gasteiger partial charge in [0.2, 0.25) is 0 Å². The molecule has 0 amide bonds. The summed E-state index contributed by atoms with van der Waals surface area (Å²) in [6.45, 7) is 7.36. The maximum Gasteiger partial charge on any atom is 0.196 e. The summed E-state index contributed by atoms with van der Waals surface area (Å²) in [5.74, 6) is 2.09. The minimum Gasteiger partial charge on any atom is -0.354 e. The first-order valence-electron chi connectivity index (χ1n) is 9.37. The van der Waals surface area contributed by atoms with Crippen LogP contribution in [0.4, 0.5) is 5.69 Å². The SMILES string of the molecule is CC(=O)c1cccc(NC(=NCC2CCCC(CN)C2)NC(C)C)c1. The van der Waals surface area contributed by atoms with E-state index in [1.807, 2.05) is 24.3 Å². The number of benzene rings is 1. The van der Waals surface area contributed by atoms with Crippen LogP contribution in [0.15, 0.2) is 29.3 Å². The van der Waals surface area contributed by atoms with Crippen molar-refractivity contribution in [2.24, 2.45) is 22.6 Å². The smallest absolute Gasteiger partial charge is 0.196 e. The summed E-state index contributed by atoms with van der Waals surface area (Å²) in [4.78, 5) is 16.4. The highest BCUT2D eigenvalue weighted by atomic mass is 16.1. The van der Waals surface area contributed by atoms with Gasteiger partial charge in [0.1, 0.15) is 0 Å². The van der Waals surface area contributed by atoms with E-state index in [1.54, 1.807) is 6.92 Å². The molecular formula is C20H32N4O. The lowest BCUT2D eigenvalue weighted by Gasteiger charge is -2.27. The molecule has 1 aliphatic carbocycles. The molecule has 0 heterocycles. The first kappa shape index (κ1) is 19.4. The molecule has 1 fully saturated rings. The Hall–Kier alpha value is -1.88. The fourth-order valence-corrected chi connectivity index (χ4v) is 3.35. The van der Waals surface area contributed by atoms with Gasteiger partial charge in [-0.15, -0.1) is 0 Å². The number of rotatable bonds is 6. The molecule has 5 nitrogen and oxygen atoms in total. The van der Waals surface area contributed by atoms with Crippen LogP contribution in [-0.4, -0.2) is 30.9 Å². The maximum atomic E-state index is 11.6. The third kappa shape index (κ3) is 6.50. The first-order chi connectivity index (χ1) is 12.0. The number of nitrogens with two attached hydrogens (primary N) is 1. The molecule has 0 bridgehead atoms. The Morgan fingerprint density at radius 1 is 1.32 bits per heavy atom. The second-order valence-electron chi connectivity index (χ2n) is 7.38. The van der Waals surface area contributed by atoms with Crippen LogP contribution in [0, 0.1) is 11.8 Å². The number of nitrogens with zero attached hydrogens (tertiary/aromatic N) is 1. The lowest BCUT2D eigenvalue weighted by Crippen LogP contribution is -2.36. The highest BCUT2D eigenvalue weighted by Crippen LogP contribution is 2.28. The molecule has 1 aromatic carbocycles. The predicted octanol–water partition coefficient (Wildman–Crippen LogP) is 3.42. The number of ketones is 1. The molecule has 1 aliphatic rings. The van der Waals surface area contributed by atoms with Gasteiger partial charge in [-0.1, -0.05) is 18.6 Å². The maximum absolute atomic E-state index is 11.6. The lowest BCUT2D eigenvalue weighted by molar-refractivity contribution is 0.101. The number of anilines is 1. The number of aliphatic imine (C=N–C) groups is 1. The van der Waals surface area contributed by atoms with Gasteiger partial charge in [-0.2, -0.15) is 0 Å². The molecule has 5 heteroatoms. The third-order valence-electron chi connectivity index (χ3n) is 4.69. The molecule has 0 radical (unpaired) electrons. The van der Waals surface area contributed by atoms with Crippen LogP contribution in [0.2, 0.25) is 0 Å². The zero-order valence-corrected chi connectivity index (χ0v) is 15.7. The van der Waals surface area contributed by atoms with E-state index in [-0.39, 0.29) is 11.8 Å². The number of guanidine groups is 1. The molecular weight excluding hydrogens is 312 g/mol. The van der Waals surface area contributed by atoms with Crippen molar-refractivity contribution >= 4 is 17.4 Å². The minimum absolute atomic E-state index is 0.0639. The quantitative estimate of drug-likeness (QED) is 0.420. The van der Waals surface area contributed by atoms with E-state index in [1.165, 1.54) is 25.7 Å². The van der Waals surface area contributed by atoms with Gasteiger partial charge in [0.05, 0.1) is 0 Å². The van der Waals surface area contributed by atoms with Crippen LogP contribution in [0.3, 0.4) is 0 Å². The monoisotopic (exact) mass is 344 g/mol. The van der Waals surface area contributed by atoms with Crippen LogP contribution in [0.1, 0.15) is 56.8 Å². The second kappa shape index (κ2) is 9.56. The molecule has 0 aliphatic heterocycles. The largest absolute Gasteiger partial charge is 0.354 e. The summed E-state index contributed by atoms with van der Waals surface area (Å²) in [7, 11) is 0. The molecule has 1 saturated carbocycles. The second-order valence-corrected chi connectivity index (χ2v) is 7.38. The van der Waals surface area contributed by atoms with Crippen molar-refractivity contribution in [1.82, 2.24) is 5.32 Å². The molecule has 2 unspecified atom stereocenters. The molecule has 2 atom stereocenters. The number of hydrogen-bond acceptors (Lipinski definition) is 3. The first-order valence-corrected chi connectivity index (χ1v) is 9.37. The zero-order valence-electron chi connectivity index (χ0n) is 15.7. The highest BCUT2D eigenvalue weighted by molar-refractivity contribution is 5.98. The Balaban J connectivity index is 2.04. The van der Waals surface area contributed by atoms with E-state index in [0.29, 0.717) is 17.4 Å². The topological polar surface area (TPSA) is 79.5 Å². The Bertz CT molecular complexity index is 597. The Morgan fingerprint density at radius 2 is 2.08 bits per heavy atom. The summed E-state index contributed by atoms with van der Waals surface area (Å²) in [6, 6.07) is 7.82. The van der Waals surface area contributed by atoms with E-state index in [4.69, 9.17) is 10.7 Å². The van der Waals surface area contributed by atoms with Gasteiger partial charge in [0.25, 0.3) is 0 Å². The van der Waals surface area contributed by atoms with Crippen LogP contribution in [0.5, 0.6) is 0 Å². The normalized spacial score (nSPS) is 21.2. The number of Topliss-reactive ketones (excluding diaryl/α,β-unsaturated/α-hetero) is 1. The number of nitrogens with one attached hydrogen (secondary N) is 2. The minimum atomic E-state index is 0.0639. The zero-order chi connectivity index (χ0) is 18.2. The van der Waals surface area contributed by atoms with Gasteiger partial charge in [-0.3, -0.25) is 9.79 Å². The van der Waals surface area contributed by atoms with Crippen molar-refractivity contribution in [3.05, 3.63) is 29.8 Å². The van der Waals surface area contributed by atoms with Crippen LogP contribution < -0.4 is 16.4 Å². The van der Waals surface area contributed by atoms with Gasteiger partial charge in [0.15, 0.2) is 11.7 Å². The lowest BCUT2D eigenvalue weighted by atomic mass is 9.81. The molecule has 0 spiro atoms. The molecule has 0 saturated heterocycles. The van der Waals surface area contributed by atoms with Gasteiger partial charge >= 0.3 is 0 Å². The van der Waals surface area contributed by atoms with Gasteiger partial charge in [-0.25, -0.2) is 0 Å². The average Bonchev–Trinajstić information content (AvgIpc) is 2.59. The number of carbonyl (C=O) groups is 1. The van der Waals surface area contributed by atoms with Crippen molar-refractivity contribution in [2.45, 2.75) is 52.5 Å². The standard InChI is InChI=1S/C20H32N4O/c1-14(2)23-20(22-13-17-7-4-6-16(10-17)12-21)24-19-9-5-8-18(11-19)15(3)25/h5,8-9,11,14,16-17H,4,6-7,10,12-13,21H2,1-3H3,(H2,22,23,24). The van der Waals surface area contributed by atoms with Crippen molar-refractivity contribution in [1.29, 1.82) is 0 Å². The van der Waals surface area contributed by atoms with Crippen molar-refractivity contribution in [3.63, 3.8) is 0 Å². The Labute approximate surface area is 151 Å². The number of carbonyl (C=O) groups excluding carboxylic acids is 1. The summed E-state index contributed by atoms with van der Waals surface area (Å²) in [5, 5.41) is 6.70. The molecule has 2 rings (SSSR count). The van der Waals surface area contributed by atoms with E-state index < -0.39 is 0 Å². The van der Waals surface area contributed by atoms with Gasteiger partial charge in [-0.05, 0) is 70.5 Å². The Kier molecular flexibility index (Phi) is 7.44. The van der Waals surface area contributed by atoms with Crippen LogP contribution >= 0.6 is 0 Å². The molecule has 0 aromatic heterocycles. The van der Waals surface area contributed by atoms with Gasteiger partial charge < -0.3 is 16.4 Å². The van der Waals surface area contributed by atoms with Crippen molar-refractivity contribution in [3.8, 4) is 0 Å². The molecule has 25 heavy (non-hydrogen) atoms. The summed E-state index contributed by atoms with van der Waals surface area (Å²) < 4.78 is 0. The number of hydrogen-bond donors (Lipinski definition) is 3. The average molecular weight is 345 g/mol. The van der Waals surface area contributed by atoms with Gasteiger partial charge in [0, 0.05) is 23.8 Å². The Morgan fingerprint density at radius 3 is 2.76 bits per heavy atom. The fraction of sp³-hybridized carbons (Fsp3) is 0.600. The van der Waals surface area contributed by atoms with Crippen molar-refractivity contribution in [2.75, 3.05) is 18.4 Å². The molecule has 4 N–H and O–H groups in total. The van der Waals surface area contributed by atoms with Crippen molar-refractivity contribution < 1.29 is 4.79 Å². The summed E-state index contributed by atoms with van der Waals surface area (Å²) >= 11 is 0. The van der Waals surface area contributed by atoms with Crippen LogP contribution in [0.25, 0.3) is 0 Å². The third-order valence-corrected chi connectivity index (χ3v) is 4.69. The fourth-order valence-electron chi connectivity index (χ4n) is 3.35. The molecule has 138 valence electrons. The molecule has 1 aromatic rings. The highest BCUT2D eigenvalue weighted by Gasteiger charge is 2.20. The summed E-state index contributed by atoms with van der Waals surface area (Å²) in [6.07, 6.45) is 4.91. The summed E-state index contributed by atoms with van der Waals surface area (Å²) in [5.41, 5.74) is 7.42. The van der Waals surface area contributed by atoms with E-state index in [9.17, 15) is 4.79 Å². The van der Waals surface area contributed by atoms with E-state index in [0.717, 1.165) is 24.7 Å². The van der Waals surface area contributed by atoms with Crippen LogP contribution in [-0.2, 0) is 0 Å².